The first-order valence-corrected chi connectivity index (χ1v) is 14.5. The standard InChI is InChI=1S/C8H8F3NO3.C7H7ClN2O.C5H8O2.Cl3OP/c1-4(13)5(2-3-6(12)14)7(15)8(9,10)11;1-4-6(5(2)11)3-9-7(8)10-4;1-4(6)3-5(2)7;1-5(2,3)4/h2H,3H2,1H3,(H2,12,14);3H,1-2H3;3H2,1-2H3;/b5-2+;;;. The number of carbonyl (C=O) groups excluding carboxylic acids is 6. The van der Waals surface area contributed by atoms with Gasteiger partial charge in [-0.05, 0) is 79.9 Å². The Balaban J connectivity index is -0.000000466. The van der Waals surface area contributed by atoms with Crippen LogP contribution in [0.2, 0.25) is 5.28 Å². The van der Waals surface area contributed by atoms with Crippen LogP contribution in [0.1, 0.15) is 56.6 Å². The highest BCUT2D eigenvalue weighted by Crippen LogP contribution is 2.61. The Morgan fingerprint density at radius 3 is 1.66 bits per heavy atom. The number of Topliss-reactive ketones (excluding diaryl/α,β-unsaturated/α-hetero) is 5. The molecule has 18 heteroatoms. The molecule has 2 N–H and O–H groups in total. The lowest BCUT2D eigenvalue weighted by molar-refractivity contribution is -0.167. The van der Waals surface area contributed by atoms with Crippen LogP contribution in [0.5, 0.6) is 0 Å². The van der Waals surface area contributed by atoms with Crippen molar-refractivity contribution in [2.24, 2.45) is 5.73 Å². The minimum atomic E-state index is -5.13. The fourth-order valence-corrected chi connectivity index (χ4v) is 2.06. The number of nitrogens with zero attached hydrogens (tertiary/aromatic N) is 2. The van der Waals surface area contributed by atoms with Crippen molar-refractivity contribution in [2.45, 2.75) is 53.6 Å². The summed E-state index contributed by atoms with van der Waals surface area (Å²) in [5.41, 5.74) is 4.74. The largest absolute Gasteiger partial charge is 0.454 e. The van der Waals surface area contributed by atoms with Crippen molar-refractivity contribution in [1.29, 1.82) is 0 Å². The minimum absolute atomic E-state index is 0.0424. The first-order chi connectivity index (χ1) is 16.9. The van der Waals surface area contributed by atoms with Gasteiger partial charge < -0.3 is 5.73 Å². The molecule has 0 saturated carbocycles. The number of alkyl halides is 3. The van der Waals surface area contributed by atoms with Crippen molar-refractivity contribution in [3.8, 4) is 0 Å². The third-order valence-corrected chi connectivity index (χ3v) is 3.40. The van der Waals surface area contributed by atoms with E-state index in [1.54, 1.807) is 6.92 Å². The molecule has 0 unspecified atom stereocenters. The molecule has 1 amide bonds. The molecule has 1 aromatic heterocycles. The molecule has 1 heterocycles. The van der Waals surface area contributed by atoms with Crippen molar-refractivity contribution < 1.29 is 46.5 Å². The Hall–Kier alpha value is -2.18. The van der Waals surface area contributed by atoms with Crippen molar-refractivity contribution in [3.05, 3.63) is 34.4 Å². The Labute approximate surface area is 235 Å². The highest BCUT2D eigenvalue weighted by Gasteiger charge is 2.41. The number of carbonyl (C=O) groups is 6. The summed E-state index contributed by atoms with van der Waals surface area (Å²) < 4.78 is 45.3. The molecule has 0 fully saturated rings. The summed E-state index contributed by atoms with van der Waals surface area (Å²) in [6.45, 7) is 6.81. The zero-order valence-corrected chi connectivity index (χ0v) is 24.4. The van der Waals surface area contributed by atoms with Gasteiger partial charge in [-0.15, -0.1) is 0 Å². The predicted octanol–water partition coefficient (Wildman–Crippen LogP) is 5.52. The average molecular weight is 647 g/mol. The molecule has 0 aliphatic carbocycles. The van der Waals surface area contributed by atoms with Gasteiger partial charge in [0, 0.05) is 12.6 Å². The van der Waals surface area contributed by atoms with E-state index in [-0.39, 0.29) is 29.1 Å². The molecule has 0 spiro atoms. The summed E-state index contributed by atoms with van der Waals surface area (Å²) in [5, 5.41) is -3.05. The van der Waals surface area contributed by atoms with Crippen molar-refractivity contribution in [2.75, 3.05) is 0 Å². The van der Waals surface area contributed by atoms with Crippen LogP contribution in [-0.2, 0) is 28.5 Å². The Morgan fingerprint density at radius 1 is 1.00 bits per heavy atom. The molecule has 0 saturated heterocycles. The van der Waals surface area contributed by atoms with Crippen LogP contribution in [0, 0.1) is 6.92 Å². The van der Waals surface area contributed by atoms with Crippen LogP contribution in [0.15, 0.2) is 17.8 Å². The maximum atomic E-state index is 11.9. The average Bonchev–Trinajstić information content (AvgIpc) is 2.65. The predicted molar refractivity (Wildman–Crippen MR) is 137 cm³/mol. The second kappa shape index (κ2) is 19.0. The van der Waals surface area contributed by atoms with E-state index >= 15 is 0 Å². The molecule has 0 aliphatic rings. The van der Waals surface area contributed by atoms with Crippen molar-refractivity contribution in [1.82, 2.24) is 9.97 Å². The molecule has 1 rings (SSSR count). The van der Waals surface area contributed by atoms with Crippen LogP contribution in [0.4, 0.5) is 13.2 Å². The van der Waals surface area contributed by atoms with Crippen LogP contribution < -0.4 is 5.73 Å². The van der Waals surface area contributed by atoms with Gasteiger partial charge in [0.05, 0.1) is 23.3 Å². The van der Waals surface area contributed by atoms with E-state index in [2.05, 4.69) is 49.4 Å². The van der Waals surface area contributed by atoms with Gasteiger partial charge in [0.1, 0.15) is 11.6 Å². The van der Waals surface area contributed by atoms with Gasteiger partial charge in [0.25, 0.3) is 5.78 Å². The smallest absolute Gasteiger partial charge is 0.369 e. The molecule has 0 bridgehead atoms. The van der Waals surface area contributed by atoms with Gasteiger partial charge in [-0.1, -0.05) is 6.08 Å². The van der Waals surface area contributed by atoms with Gasteiger partial charge in [-0.2, -0.15) is 13.2 Å². The number of hydrogen-bond acceptors (Lipinski definition) is 9. The number of rotatable bonds is 7. The number of ketones is 5. The van der Waals surface area contributed by atoms with E-state index in [0.717, 1.165) is 6.92 Å². The van der Waals surface area contributed by atoms with Crippen molar-refractivity contribution in [3.63, 3.8) is 0 Å². The Bertz CT molecular complexity index is 1100. The number of allylic oxidation sites excluding steroid dienone is 1. The first-order valence-electron chi connectivity index (χ1n) is 9.68. The molecule has 0 aliphatic heterocycles. The highest BCUT2D eigenvalue weighted by molar-refractivity contribution is 8.24. The lowest BCUT2D eigenvalue weighted by atomic mass is 10.1. The molecular weight excluding hydrogens is 624 g/mol. The summed E-state index contributed by atoms with van der Waals surface area (Å²) in [7, 11) is 0. The Morgan fingerprint density at radius 2 is 1.42 bits per heavy atom. The Kier molecular flexibility index (Phi) is 20.1. The number of nitrogens with two attached hydrogens (primary N) is 1. The second-order valence-electron chi connectivity index (χ2n) is 6.85. The molecule has 1 aromatic rings. The van der Waals surface area contributed by atoms with Crippen LogP contribution >= 0.6 is 50.5 Å². The van der Waals surface area contributed by atoms with E-state index in [1.807, 2.05) is 0 Å². The molecule has 214 valence electrons. The van der Waals surface area contributed by atoms with E-state index in [0.29, 0.717) is 17.3 Å². The number of aryl methyl sites for hydroxylation is 1. The summed E-state index contributed by atoms with van der Waals surface area (Å²) in [4.78, 5) is 70.1. The summed E-state index contributed by atoms with van der Waals surface area (Å²) in [5.74, 6) is -4.42. The normalized spacial score (nSPS) is 10.8. The van der Waals surface area contributed by atoms with Crippen molar-refractivity contribution >= 4 is 85.3 Å². The quantitative estimate of drug-likeness (QED) is 0.100. The second-order valence-corrected chi connectivity index (χ2v) is 13.8. The van der Waals surface area contributed by atoms with E-state index < -0.39 is 40.8 Å². The lowest BCUT2D eigenvalue weighted by Crippen LogP contribution is -2.27. The first kappa shape index (κ1) is 40.3. The molecule has 0 atom stereocenters. The van der Waals surface area contributed by atoms with Gasteiger partial charge in [-0.3, -0.25) is 33.3 Å². The number of primary amides is 1. The summed E-state index contributed by atoms with van der Waals surface area (Å²) in [6, 6.07) is 0. The maximum absolute atomic E-state index is 11.9. The SMILES string of the molecule is CC(=O)/C(=C\CC(N)=O)C(=O)C(F)(F)F.CC(=O)CC(C)=O.CC(=O)c1cnc(Cl)nc1C.O=P(Cl)(Cl)Cl. The number of halogens is 7. The maximum Gasteiger partial charge on any atom is 0.454 e. The van der Waals surface area contributed by atoms with Gasteiger partial charge >= 0.3 is 11.4 Å². The van der Waals surface area contributed by atoms with E-state index in [1.165, 1.54) is 27.0 Å². The van der Waals surface area contributed by atoms with E-state index in [9.17, 15) is 46.5 Å². The van der Waals surface area contributed by atoms with Gasteiger partial charge in [0.15, 0.2) is 11.6 Å². The van der Waals surface area contributed by atoms with Crippen LogP contribution in [0.3, 0.4) is 0 Å². The number of hydrogen-bond donors (Lipinski definition) is 1. The fourth-order valence-electron chi connectivity index (χ4n) is 1.89. The fraction of sp³-hybridized carbons (Fsp3) is 0.400. The van der Waals surface area contributed by atoms with Gasteiger partial charge in [0.2, 0.25) is 11.2 Å². The lowest BCUT2D eigenvalue weighted by Gasteiger charge is -2.05. The summed E-state index contributed by atoms with van der Waals surface area (Å²) in [6.07, 6.45) is -3.61. The molecule has 10 nitrogen and oxygen atoms in total. The minimum Gasteiger partial charge on any atom is -0.369 e. The molecule has 0 radical (unpaired) electrons. The molecular formula is C20H23Cl4F3N3O7P. The van der Waals surface area contributed by atoms with Crippen LogP contribution in [-0.4, -0.2) is 51.0 Å². The third kappa shape index (κ3) is 25.5. The van der Waals surface area contributed by atoms with Crippen LogP contribution in [0.25, 0.3) is 0 Å². The number of amides is 1. The monoisotopic (exact) mass is 645 g/mol. The number of aromatic nitrogens is 2. The topological polar surface area (TPSA) is 171 Å². The molecule has 0 aromatic carbocycles. The zero-order valence-electron chi connectivity index (χ0n) is 20.5. The molecule has 38 heavy (non-hydrogen) atoms. The summed E-state index contributed by atoms with van der Waals surface area (Å²) >= 11 is 19.3. The zero-order chi connectivity index (χ0) is 31.0. The van der Waals surface area contributed by atoms with Gasteiger partial charge in [-0.25, -0.2) is 9.97 Å². The third-order valence-electron chi connectivity index (χ3n) is 3.22. The highest BCUT2D eigenvalue weighted by atomic mass is 36.0. The van der Waals surface area contributed by atoms with E-state index in [4.69, 9.17) is 11.6 Å².